The minimum atomic E-state index is -2.69. The summed E-state index contributed by atoms with van der Waals surface area (Å²) in [7, 11) is -1.33. The van der Waals surface area contributed by atoms with Crippen molar-refractivity contribution < 1.29 is 10.6 Å². The molecule has 17 heavy (non-hydrogen) atoms. The third-order valence-corrected chi connectivity index (χ3v) is 70.5. The maximum absolute atomic E-state index is 6.67. The summed E-state index contributed by atoms with van der Waals surface area (Å²) in [4.78, 5) is 13.6. The van der Waals surface area contributed by atoms with Crippen molar-refractivity contribution in [2.45, 2.75) is 66.9 Å². The molecule has 10 aliphatic rings. The molecule has 0 aliphatic carbocycles. The van der Waals surface area contributed by atoms with Crippen LogP contribution in [0.4, 0.5) is 0 Å². The Morgan fingerprint density at radius 1 is 0.882 bits per heavy atom. The molecule has 0 radical (unpaired) electrons. The van der Waals surface area contributed by atoms with Crippen LogP contribution in [0, 0.1) is 0 Å². The van der Waals surface area contributed by atoms with Gasteiger partial charge in [0.1, 0.15) is 0 Å². The molecule has 10 fully saturated rings. The number of hydrogen-bond donors (Lipinski definition) is 0. The molecule has 0 aromatic rings. The molecule has 1 spiro atoms. The normalized spacial score (nSPS) is 121. The second-order valence-corrected chi connectivity index (χ2v) is 43.4. The van der Waals surface area contributed by atoms with E-state index in [9.17, 15) is 0 Å². The van der Waals surface area contributed by atoms with Gasteiger partial charge in [0, 0.05) is 0 Å². The van der Waals surface area contributed by atoms with Crippen molar-refractivity contribution in [3.05, 3.63) is 0 Å². The molecule has 0 bridgehead atoms. The summed E-state index contributed by atoms with van der Waals surface area (Å²) < 4.78 is 7.82. The van der Waals surface area contributed by atoms with Gasteiger partial charge in [-0.15, -0.1) is 0 Å². The van der Waals surface area contributed by atoms with Crippen LogP contribution in [0.5, 0.6) is 0 Å². The van der Waals surface area contributed by atoms with Crippen molar-refractivity contribution in [2.24, 2.45) is 0 Å². The van der Waals surface area contributed by atoms with Crippen LogP contribution in [0.2, 0.25) is 66.9 Å². The Morgan fingerprint density at radius 3 is 1.59 bits per heavy atom. The minimum absolute atomic E-state index is 0.126. The fourth-order valence-electron chi connectivity index (χ4n) is 17.4. The molecule has 10 heterocycles. The van der Waals surface area contributed by atoms with Gasteiger partial charge < -0.3 is 0 Å². The molecule has 0 amide bonds. The van der Waals surface area contributed by atoms with E-state index in [1.807, 2.05) is 0 Å². The fraction of sp³-hybridized carbons (Fsp3) is 1.00. The van der Waals surface area contributed by atoms with Gasteiger partial charge in [-0.25, -0.2) is 0 Å². The molecule has 10 saturated heterocycles. The Bertz CT molecular complexity index is 879. The Morgan fingerprint density at radius 2 is 1.35 bits per heavy atom. The standard InChI is InChI=1S/C8H15OSi2.C5H5.Fe/c1-11(2,3)9-10-8-6-4-5-7-8;1-2-4-5-3-1;/h4-7H,10H2,1-3H3;1-5H;. The van der Waals surface area contributed by atoms with E-state index >= 15 is 0 Å². The molecule has 1 nitrogen and oxygen atoms in total. The van der Waals surface area contributed by atoms with Crippen LogP contribution >= 0.6 is 0 Å². The molecule has 0 aromatic carbocycles. The molecule has 0 saturated carbocycles. The van der Waals surface area contributed by atoms with Crippen LogP contribution in [-0.4, -0.2) is 18.1 Å². The van der Waals surface area contributed by atoms with Crippen LogP contribution in [0.3, 0.4) is 0 Å². The average molecular weight is 304 g/mol. The number of fused-ring (bicyclic) bond motifs is 10. The van der Waals surface area contributed by atoms with Crippen LogP contribution < -0.4 is 0 Å². The first-order chi connectivity index (χ1) is 7.75. The van der Waals surface area contributed by atoms with E-state index in [0.717, 1.165) is 3.94 Å². The Balaban J connectivity index is 1.42. The van der Waals surface area contributed by atoms with Crippen LogP contribution in [0.1, 0.15) is 0 Å². The van der Waals surface area contributed by atoms with Crippen molar-refractivity contribution in [1.29, 1.82) is 0 Å². The monoisotopic (exact) mass is 304 g/mol. The first-order valence-corrected chi connectivity index (χ1v) is 18.6. The molecule has 10 aliphatic heterocycles. The van der Waals surface area contributed by atoms with Crippen molar-refractivity contribution in [1.82, 2.24) is 0 Å². The number of rotatable bonds is 3. The maximum atomic E-state index is 6.67. The summed E-state index contributed by atoms with van der Waals surface area (Å²) in [6.45, 7) is 4.61. The van der Waals surface area contributed by atoms with E-state index in [-0.39, 0.29) is 9.76 Å². The Labute approximate surface area is 95.4 Å². The average Bonchev–Trinajstić information content (AvgIpc) is 3.19. The van der Waals surface area contributed by atoms with Crippen LogP contribution in [0.25, 0.3) is 0 Å². The molecule has 4 heteroatoms. The molecule has 94 valence electrons. The zero-order chi connectivity index (χ0) is 10.9. The third kappa shape index (κ3) is 0.0771. The van der Waals surface area contributed by atoms with E-state index in [1.54, 1.807) is 0 Å². The summed E-state index contributed by atoms with van der Waals surface area (Å²) in [6, 6.07) is 0. The SMILES string of the molecule is C[Si](C)(C)O[SiH2][C]12[CH]3[CH]4[CH]5[CH]1[Fe]45321678[CH]2[CH]1[CH]6[CH]7[CH]28. The van der Waals surface area contributed by atoms with Crippen LogP contribution in [-0.2, 0) is 10.6 Å². The molecule has 10 rings (SSSR count). The van der Waals surface area contributed by atoms with Gasteiger partial charge in [0.15, 0.2) is 0 Å². The van der Waals surface area contributed by atoms with Gasteiger partial charge in [0.25, 0.3) is 0 Å². The fourth-order valence-corrected chi connectivity index (χ4v) is 111. The van der Waals surface area contributed by atoms with Gasteiger partial charge >= 0.3 is 95.6 Å². The van der Waals surface area contributed by atoms with E-state index < -0.39 is 14.8 Å². The summed E-state index contributed by atoms with van der Waals surface area (Å²) >= 11 is 0. The number of hydrogen-bond acceptors (Lipinski definition) is 1. The van der Waals surface area contributed by atoms with Crippen molar-refractivity contribution >= 4 is 18.1 Å². The molecular weight excluding hydrogens is 284 g/mol. The zero-order valence-electron chi connectivity index (χ0n) is 10.7. The molecular formula is C13H20FeOSi2. The molecule has 4 atom stereocenters. The zero-order valence-corrected chi connectivity index (χ0v) is 14.2. The predicted octanol–water partition coefficient (Wildman–Crippen LogP) is 3.64. The van der Waals surface area contributed by atoms with Crippen molar-refractivity contribution in [3.63, 3.8) is 0 Å². The van der Waals surface area contributed by atoms with Gasteiger partial charge in [-0.05, 0) is 0 Å². The van der Waals surface area contributed by atoms with Crippen molar-refractivity contribution in [3.8, 4) is 0 Å². The topological polar surface area (TPSA) is 9.23 Å². The first-order valence-electron chi connectivity index (χ1n) is 7.60. The Kier molecular flexibility index (Phi) is 0.236. The Hall–Kier alpha value is 0.913. The second kappa shape index (κ2) is 0.567. The van der Waals surface area contributed by atoms with Gasteiger partial charge in [-0.1, -0.05) is 0 Å². The van der Waals surface area contributed by atoms with Gasteiger partial charge in [-0.3, -0.25) is 0 Å². The van der Waals surface area contributed by atoms with Gasteiger partial charge in [0.05, 0.1) is 0 Å². The van der Waals surface area contributed by atoms with E-state index in [1.165, 1.54) is 43.3 Å². The quantitative estimate of drug-likeness (QED) is 0.723. The summed E-state index contributed by atoms with van der Waals surface area (Å²) in [5.74, 6) is 0. The van der Waals surface area contributed by atoms with Gasteiger partial charge in [0.2, 0.25) is 0 Å². The third-order valence-electron chi connectivity index (χ3n) is 15.7. The van der Waals surface area contributed by atoms with Crippen molar-refractivity contribution in [2.75, 3.05) is 0 Å². The summed E-state index contributed by atoms with van der Waals surface area (Å²) in [6.07, 6.45) is 0. The molecule has 0 aromatic heterocycles. The summed E-state index contributed by atoms with van der Waals surface area (Å²) in [5.41, 5.74) is 0. The first kappa shape index (κ1) is 7.07. The van der Waals surface area contributed by atoms with E-state index in [4.69, 9.17) is 4.12 Å². The van der Waals surface area contributed by atoms with E-state index in [0.29, 0.717) is 0 Å². The van der Waals surface area contributed by atoms with Crippen LogP contribution in [0.15, 0.2) is 0 Å². The predicted molar refractivity (Wildman–Crippen MR) is 69.4 cm³/mol. The second-order valence-electron chi connectivity index (χ2n) is 12.2. The summed E-state index contributed by atoms with van der Waals surface area (Å²) in [5, 5.41) is 0. The van der Waals surface area contributed by atoms with Gasteiger partial charge in [-0.2, -0.15) is 0 Å². The van der Waals surface area contributed by atoms with E-state index in [2.05, 4.69) is 19.6 Å². The molecule has 0 N–H and O–H groups in total. The molecule has 4 unspecified atom stereocenters.